The molecule has 0 aliphatic carbocycles. The molecule has 0 aromatic carbocycles. The van der Waals surface area contributed by atoms with E-state index in [9.17, 15) is 9.59 Å². The summed E-state index contributed by atoms with van der Waals surface area (Å²) in [6, 6.07) is 0. The number of hydrogen-bond acceptors (Lipinski definition) is 3. The Hall–Kier alpha value is -1.06. The number of amides is 1. The standard InChI is InChI=1S/C8H15NO3/c1-6(2)5-12-8(11)4-9-7(3)10/h6H,4-5H2,1-3H3,(H,9,10). The molecule has 1 amide bonds. The van der Waals surface area contributed by atoms with Gasteiger partial charge in [0.05, 0.1) is 6.61 Å². The Bertz CT molecular complexity index is 166. The Labute approximate surface area is 72.3 Å². The van der Waals surface area contributed by atoms with Crippen molar-refractivity contribution < 1.29 is 14.3 Å². The van der Waals surface area contributed by atoms with Crippen molar-refractivity contribution in [3.05, 3.63) is 0 Å². The second-order valence-corrected chi connectivity index (χ2v) is 2.99. The minimum atomic E-state index is -0.390. The van der Waals surface area contributed by atoms with Crippen LogP contribution < -0.4 is 5.32 Å². The van der Waals surface area contributed by atoms with Crippen LogP contribution in [0.25, 0.3) is 0 Å². The molecule has 0 aromatic heterocycles. The molecular weight excluding hydrogens is 158 g/mol. The van der Waals surface area contributed by atoms with Crippen LogP contribution in [0.4, 0.5) is 0 Å². The van der Waals surface area contributed by atoms with Crippen LogP contribution in [0.5, 0.6) is 0 Å². The number of esters is 1. The van der Waals surface area contributed by atoms with E-state index in [-0.39, 0.29) is 18.4 Å². The van der Waals surface area contributed by atoms with Crippen molar-refractivity contribution in [1.29, 1.82) is 0 Å². The normalized spacial score (nSPS) is 9.67. The van der Waals surface area contributed by atoms with Crippen LogP contribution in [-0.4, -0.2) is 25.0 Å². The number of carbonyl (C=O) groups is 2. The van der Waals surface area contributed by atoms with E-state index in [1.54, 1.807) is 0 Å². The third kappa shape index (κ3) is 7.05. The van der Waals surface area contributed by atoms with Gasteiger partial charge in [-0.1, -0.05) is 13.8 Å². The van der Waals surface area contributed by atoms with Crippen molar-refractivity contribution in [1.82, 2.24) is 5.32 Å². The van der Waals surface area contributed by atoms with E-state index in [1.807, 2.05) is 13.8 Å². The molecule has 0 fully saturated rings. The van der Waals surface area contributed by atoms with Gasteiger partial charge in [-0.3, -0.25) is 9.59 Å². The molecule has 0 rings (SSSR count). The lowest BCUT2D eigenvalue weighted by Gasteiger charge is -2.06. The fraction of sp³-hybridized carbons (Fsp3) is 0.750. The zero-order chi connectivity index (χ0) is 9.56. The van der Waals surface area contributed by atoms with E-state index >= 15 is 0 Å². The molecular formula is C8H15NO3. The van der Waals surface area contributed by atoms with Gasteiger partial charge in [0.15, 0.2) is 0 Å². The molecule has 0 bridgehead atoms. The van der Waals surface area contributed by atoms with Gasteiger partial charge in [-0.15, -0.1) is 0 Å². The summed E-state index contributed by atoms with van der Waals surface area (Å²) in [6.07, 6.45) is 0. The number of rotatable bonds is 4. The van der Waals surface area contributed by atoms with Crippen LogP contribution in [0.2, 0.25) is 0 Å². The third-order valence-electron chi connectivity index (χ3n) is 1.06. The molecule has 0 radical (unpaired) electrons. The molecule has 4 heteroatoms. The monoisotopic (exact) mass is 173 g/mol. The maximum atomic E-state index is 10.8. The lowest BCUT2D eigenvalue weighted by Crippen LogP contribution is -2.29. The van der Waals surface area contributed by atoms with Crippen molar-refractivity contribution in [2.75, 3.05) is 13.2 Å². The van der Waals surface area contributed by atoms with Crippen LogP contribution in [0.3, 0.4) is 0 Å². The highest BCUT2D eigenvalue weighted by atomic mass is 16.5. The van der Waals surface area contributed by atoms with Crippen LogP contribution in [0, 0.1) is 5.92 Å². The smallest absolute Gasteiger partial charge is 0.325 e. The summed E-state index contributed by atoms with van der Waals surface area (Å²) in [6.45, 7) is 5.62. The highest BCUT2D eigenvalue weighted by Gasteiger charge is 2.03. The zero-order valence-electron chi connectivity index (χ0n) is 7.72. The quantitative estimate of drug-likeness (QED) is 0.623. The van der Waals surface area contributed by atoms with Crippen molar-refractivity contribution in [3.8, 4) is 0 Å². The van der Waals surface area contributed by atoms with Crippen LogP contribution in [-0.2, 0) is 14.3 Å². The molecule has 0 spiro atoms. The van der Waals surface area contributed by atoms with Gasteiger partial charge in [0.1, 0.15) is 6.54 Å². The Balaban J connectivity index is 3.40. The van der Waals surface area contributed by atoms with E-state index < -0.39 is 0 Å². The largest absolute Gasteiger partial charge is 0.464 e. The second-order valence-electron chi connectivity index (χ2n) is 2.99. The first-order valence-corrected chi connectivity index (χ1v) is 3.92. The molecule has 0 atom stereocenters. The fourth-order valence-corrected chi connectivity index (χ4v) is 0.507. The van der Waals surface area contributed by atoms with Crippen LogP contribution in [0.15, 0.2) is 0 Å². The van der Waals surface area contributed by atoms with Gasteiger partial charge < -0.3 is 10.1 Å². The lowest BCUT2D eigenvalue weighted by atomic mass is 10.2. The minimum absolute atomic E-state index is 0.0396. The van der Waals surface area contributed by atoms with Crippen molar-refractivity contribution in [2.45, 2.75) is 20.8 Å². The molecule has 0 saturated carbocycles. The number of ether oxygens (including phenoxy) is 1. The predicted molar refractivity (Wildman–Crippen MR) is 44.5 cm³/mol. The van der Waals surface area contributed by atoms with E-state index in [0.717, 1.165) is 0 Å². The SMILES string of the molecule is CC(=O)NCC(=O)OCC(C)C. The van der Waals surface area contributed by atoms with E-state index in [1.165, 1.54) is 6.92 Å². The summed E-state index contributed by atoms with van der Waals surface area (Å²) in [5.41, 5.74) is 0. The van der Waals surface area contributed by atoms with Gasteiger partial charge in [0.25, 0.3) is 0 Å². The number of hydrogen-bond donors (Lipinski definition) is 1. The molecule has 0 saturated heterocycles. The van der Waals surface area contributed by atoms with Gasteiger partial charge in [0, 0.05) is 6.92 Å². The van der Waals surface area contributed by atoms with Crippen molar-refractivity contribution >= 4 is 11.9 Å². The minimum Gasteiger partial charge on any atom is -0.464 e. The van der Waals surface area contributed by atoms with E-state index in [0.29, 0.717) is 12.5 Å². The number of carbonyl (C=O) groups excluding carboxylic acids is 2. The molecule has 1 N–H and O–H groups in total. The maximum Gasteiger partial charge on any atom is 0.325 e. The fourth-order valence-electron chi connectivity index (χ4n) is 0.507. The molecule has 12 heavy (non-hydrogen) atoms. The molecule has 70 valence electrons. The third-order valence-corrected chi connectivity index (χ3v) is 1.06. The average molecular weight is 173 g/mol. The predicted octanol–water partition coefficient (Wildman–Crippen LogP) is 0.322. The molecule has 4 nitrogen and oxygen atoms in total. The summed E-state index contributed by atoms with van der Waals surface area (Å²) in [5, 5.41) is 2.36. The molecule has 0 aliphatic rings. The Morgan fingerprint density at radius 3 is 2.42 bits per heavy atom. The Morgan fingerprint density at radius 2 is 2.00 bits per heavy atom. The molecule has 0 unspecified atom stereocenters. The van der Waals surface area contributed by atoms with Crippen molar-refractivity contribution in [3.63, 3.8) is 0 Å². The molecule has 0 aliphatic heterocycles. The highest BCUT2D eigenvalue weighted by molar-refractivity contribution is 5.80. The highest BCUT2D eigenvalue weighted by Crippen LogP contribution is 1.91. The van der Waals surface area contributed by atoms with Crippen LogP contribution >= 0.6 is 0 Å². The van der Waals surface area contributed by atoms with Gasteiger partial charge in [-0.25, -0.2) is 0 Å². The first-order chi connectivity index (χ1) is 5.52. The summed E-state index contributed by atoms with van der Waals surface area (Å²) >= 11 is 0. The maximum absolute atomic E-state index is 10.8. The van der Waals surface area contributed by atoms with Gasteiger partial charge in [-0.05, 0) is 5.92 Å². The second kappa shape index (κ2) is 5.57. The summed E-state index contributed by atoms with van der Waals surface area (Å²) in [5.74, 6) is -0.290. The van der Waals surface area contributed by atoms with Gasteiger partial charge in [0.2, 0.25) is 5.91 Å². The first-order valence-electron chi connectivity index (χ1n) is 3.92. The topological polar surface area (TPSA) is 55.4 Å². The summed E-state index contributed by atoms with van der Waals surface area (Å²) in [7, 11) is 0. The summed E-state index contributed by atoms with van der Waals surface area (Å²) < 4.78 is 4.80. The van der Waals surface area contributed by atoms with Crippen LogP contribution in [0.1, 0.15) is 20.8 Å². The molecule has 0 aromatic rings. The lowest BCUT2D eigenvalue weighted by molar-refractivity contribution is -0.144. The average Bonchev–Trinajstić information content (AvgIpc) is 1.96. The first kappa shape index (κ1) is 10.9. The Morgan fingerprint density at radius 1 is 1.42 bits per heavy atom. The summed E-state index contributed by atoms with van der Waals surface area (Å²) in [4.78, 5) is 21.2. The number of nitrogens with one attached hydrogen (secondary N) is 1. The zero-order valence-corrected chi connectivity index (χ0v) is 7.72. The van der Waals surface area contributed by atoms with E-state index in [4.69, 9.17) is 4.74 Å². The Kier molecular flexibility index (Phi) is 5.08. The van der Waals surface area contributed by atoms with Gasteiger partial charge >= 0.3 is 5.97 Å². The van der Waals surface area contributed by atoms with Gasteiger partial charge in [-0.2, -0.15) is 0 Å². The molecule has 0 heterocycles. The van der Waals surface area contributed by atoms with E-state index in [2.05, 4.69) is 5.32 Å². The van der Waals surface area contributed by atoms with Crippen molar-refractivity contribution in [2.24, 2.45) is 5.92 Å².